The monoisotopic (exact) mass is 395 g/mol. The Kier molecular flexibility index (Phi) is 5.78. The molecule has 1 saturated heterocycles. The number of fused-ring (bicyclic) bond motifs is 1. The molecule has 29 heavy (non-hydrogen) atoms. The van der Waals surface area contributed by atoms with Gasteiger partial charge in [0, 0.05) is 31.1 Å². The molecule has 0 aliphatic carbocycles. The fourth-order valence-electron chi connectivity index (χ4n) is 3.75. The van der Waals surface area contributed by atoms with Gasteiger partial charge in [0.15, 0.2) is 0 Å². The molecule has 1 unspecified atom stereocenters. The van der Waals surface area contributed by atoms with E-state index in [0.717, 1.165) is 36.1 Å². The highest BCUT2D eigenvalue weighted by Crippen LogP contribution is 2.25. The summed E-state index contributed by atoms with van der Waals surface area (Å²) in [6.07, 6.45) is 2.33. The lowest BCUT2D eigenvalue weighted by atomic mass is 10.1. The van der Waals surface area contributed by atoms with E-state index in [1.165, 1.54) is 0 Å². The van der Waals surface area contributed by atoms with Gasteiger partial charge in [-0.15, -0.1) is 0 Å². The van der Waals surface area contributed by atoms with Crippen LogP contribution < -0.4 is 10.6 Å². The Hall–Kier alpha value is -2.90. The fraction of sp³-hybridized carbons (Fsp3) is 0.364. The highest BCUT2D eigenvalue weighted by atomic mass is 16.5. The van der Waals surface area contributed by atoms with Gasteiger partial charge >= 0.3 is 6.03 Å². The van der Waals surface area contributed by atoms with Crippen LogP contribution in [0.3, 0.4) is 0 Å². The number of aliphatic hydroxyl groups is 1. The van der Waals surface area contributed by atoms with Gasteiger partial charge in [-0.1, -0.05) is 18.2 Å². The van der Waals surface area contributed by atoms with Crippen LogP contribution in [0.5, 0.6) is 0 Å². The van der Waals surface area contributed by atoms with E-state index in [4.69, 9.17) is 4.74 Å². The topological polar surface area (TPSA) is 90.9 Å². The molecule has 0 spiro atoms. The predicted molar refractivity (Wildman–Crippen MR) is 109 cm³/mol. The molecule has 2 heterocycles. The predicted octanol–water partition coefficient (Wildman–Crippen LogP) is 3.23. The Morgan fingerprint density at radius 2 is 1.76 bits per heavy atom. The smallest absolute Gasteiger partial charge is 0.322 e. The molecule has 0 saturated carbocycles. The van der Waals surface area contributed by atoms with E-state index in [0.29, 0.717) is 30.9 Å². The molecule has 1 atom stereocenters. The van der Waals surface area contributed by atoms with Gasteiger partial charge < -0.3 is 25.4 Å². The molecule has 2 aliphatic heterocycles. The van der Waals surface area contributed by atoms with Crippen LogP contribution in [-0.4, -0.2) is 34.7 Å². The summed E-state index contributed by atoms with van der Waals surface area (Å²) in [6.45, 7) is 1.80. The number of nitrogens with one attached hydrogen (secondary N) is 2. The summed E-state index contributed by atoms with van der Waals surface area (Å²) in [4.78, 5) is 26.4. The maximum Gasteiger partial charge on any atom is 0.322 e. The first-order valence-corrected chi connectivity index (χ1v) is 9.90. The van der Waals surface area contributed by atoms with E-state index in [1.54, 1.807) is 29.2 Å². The Morgan fingerprint density at radius 3 is 2.45 bits per heavy atom. The van der Waals surface area contributed by atoms with Crippen LogP contribution in [0, 0.1) is 0 Å². The van der Waals surface area contributed by atoms with Crippen LogP contribution in [0.15, 0.2) is 42.5 Å². The van der Waals surface area contributed by atoms with Gasteiger partial charge in [0.25, 0.3) is 0 Å². The normalized spacial score (nSPS) is 17.8. The third kappa shape index (κ3) is 4.75. The van der Waals surface area contributed by atoms with Gasteiger partial charge in [0.2, 0.25) is 5.91 Å². The van der Waals surface area contributed by atoms with Crippen LogP contribution in [0.25, 0.3) is 0 Å². The van der Waals surface area contributed by atoms with Gasteiger partial charge in [-0.05, 0) is 53.8 Å². The highest BCUT2D eigenvalue weighted by molar-refractivity contribution is 5.92. The van der Waals surface area contributed by atoms with Crippen molar-refractivity contribution in [2.75, 3.05) is 17.2 Å². The zero-order valence-corrected chi connectivity index (χ0v) is 16.2. The standard InChI is InChI=1S/C22H25N3O4/c26-14-15-3-4-16-12-25(13-17(16)10-15)22(28)24-19-7-5-18(6-8-19)23-21(27)11-20-2-1-9-29-20/h3-8,10,20,26H,1-2,9,11-14H2,(H,23,27)(H,24,28). The first-order valence-electron chi connectivity index (χ1n) is 9.90. The van der Waals surface area contributed by atoms with E-state index in [1.807, 2.05) is 18.2 Å². The van der Waals surface area contributed by atoms with Crippen molar-refractivity contribution in [3.05, 3.63) is 59.2 Å². The lowest BCUT2D eigenvalue weighted by Gasteiger charge is -2.16. The number of aliphatic hydroxyl groups excluding tert-OH is 1. The van der Waals surface area contributed by atoms with Crippen molar-refractivity contribution in [1.82, 2.24) is 4.90 Å². The van der Waals surface area contributed by atoms with Gasteiger partial charge in [0.05, 0.1) is 19.1 Å². The first-order chi connectivity index (χ1) is 14.1. The summed E-state index contributed by atoms with van der Waals surface area (Å²) in [5.41, 5.74) is 4.37. The zero-order valence-electron chi connectivity index (χ0n) is 16.2. The molecule has 2 aromatic carbocycles. The molecule has 2 aromatic rings. The Morgan fingerprint density at radius 1 is 1.03 bits per heavy atom. The lowest BCUT2D eigenvalue weighted by Crippen LogP contribution is -2.30. The summed E-state index contributed by atoms with van der Waals surface area (Å²) < 4.78 is 5.48. The molecule has 2 aliphatic rings. The molecule has 7 heteroatoms. The van der Waals surface area contributed by atoms with Gasteiger partial charge in [-0.25, -0.2) is 4.79 Å². The van der Waals surface area contributed by atoms with Crippen LogP contribution in [-0.2, 0) is 29.2 Å². The average molecular weight is 395 g/mol. The van der Waals surface area contributed by atoms with Crippen LogP contribution in [0.4, 0.5) is 16.2 Å². The van der Waals surface area contributed by atoms with E-state index in [2.05, 4.69) is 10.6 Å². The molecular weight excluding hydrogens is 370 g/mol. The molecule has 0 aromatic heterocycles. The average Bonchev–Trinajstić information content (AvgIpc) is 3.38. The lowest BCUT2D eigenvalue weighted by molar-refractivity contribution is -0.118. The molecular formula is C22H25N3O4. The number of amides is 3. The fourth-order valence-corrected chi connectivity index (χ4v) is 3.75. The molecule has 4 rings (SSSR count). The van der Waals surface area contributed by atoms with Crippen molar-refractivity contribution in [3.8, 4) is 0 Å². The maximum absolute atomic E-state index is 12.6. The van der Waals surface area contributed by atoms with Gasteiger partial charge in [-0.3, -0.25) is 4.79 Å². The number of carbonyl (C=O) groups excluding carboxylic acids is 2. The second-order valence-electron chi connectivity index (χ2n) is 7.51. The number of urea groups is 1. The van der Waals surface area contributed by atoms with E-state index in [9.17, 15) is 14.7 Å². The second kappa shape index (κ2) is 8.63. The second-order valence-corrected chi connectivity index (χ2v) is 7.51. The number of rotatable bonds is 5. The van der Waals surface area contributed by atoms with Gasteiger partial charge in [-0.2, -0.15) is 0 Å². The molecule has 1 fully saturated rings. The number of benzene rings is 2. The third-order valence-corrected chi connectivity index (χ3v) is 5.32. The summed E-state index contributed by atoms with van der Waals surface area (Å²) >= 11 is 0. The number of hydrogen-bond acceptors (Lipinski definition) is 4. The van der Waals surface area contributed by atoms with Crippen molar-refractivity contribution in [2.24, 2.45) is 0 Å². The SMILES string of the molecule is O=C(CC1CCCO1)Nc1ccc(NC(=O)N2Cc3ccc(CO)cc3C2)cc1. The molecule has 3 N–H and O–H groups in total. The third-order valence-electron chi connectivity index (χ3n) is 5.32. The summed E-state index contributed by atoms with van der Waals surface area (Å²) in [6, 6.07) is 12.7. The largest absolute Gasteiger partial charge is 0.392 e. The zero-order chi connectivity index (χ0) is 20.2. The number of anilines is 2. The van der Waals surface area contributed by atoms with Crippen LogP contribution in [0.1, 0.15) is 36.0 Å². The Labute approximate surface area is 169 Å². The van der Waals surface area contributed by atoms with Crippen LogP contribution >= 0.6 is 0 Å². The molecule has 7 nitrogen and oxygen atoms in total. The molecule has 152 valence electrons. The molecule has 3 amide bonds. The molecule has 0 radical (unpaired) electrons. The van der Waals surface area contributed by atoms with E-state index in [-0.39, 0.29) is 24.6 Å². The minimum absolute atomic E-state index is 0.00392. The number of nitrogens with zero attached hydrogens (tertiary/aromatic N) is 1. The van der Waals surface area contributed by atoms with Crippen molar-refractivity contribution in [1.29, 1.82) is 0 Å². The highest BCUT2D eigenvalue weighted by Gasteiger charge is 2.23. The van der Waals surface area contributed by atoms with Crippen molar-refractivity contribution >= 4 is 23.3 Å². The minimum Gasteiger partial charge on any atom is -0.392 e. The number of carbonyl (C=O) groups is 2. The quantitative estimate of drug-likeness (QED) is 0.725. The van der Waals surface area contributed by atoms with Crippen molar-refractivity contribution < 1.29 is 19.4 Å². The summed E-state index contributed by atoms with van der Waals surface area (Å²) in [5, 5.41) is 15.0. The van der Waals surface area contributed by atoms with Crippen molar-refractivity contribution in [3.63, 3.8) is 0 Å². The van der Waals surface area contributed by atoms with Crippen LogP contribution in [0.2, 0.25) is 0 Å². The Bertz CT molecular complexity index is 891. The number of ether oxygens (including phenoxy) is 1. The first kappa shape index (κ1) is 19.4. The Balaban J connectivity index is 1.29. The van der Waals surface area contributed by atoms with Crippen molar-refractivity contribution in [2.45, 2.75) is 45.1 Å². The number of hydrogen-bond donors (Lipinski definition) is 3. The summed E-state index contributed by atoms with van der Waals surface area (Å²) in [7, 11) is 0. The molecule has 0 bridgehead atoms. The van der Waals surface area contributed by atoms with E-state index >= 15 is 0 Å². The summed E-state index contributed by atoms with van der Waals surface area (Å²) in [5.74, 6) is -0.0641. The van der Waals surface area contributed by atoms with E-state index < -0.39 is 0 Å². The minimum atomic E-state index is -0.179. The maximum atomic E-state index is 12.6. The van der Waals surface area contributed by atoms with Gasteiger partial charge in [0.1, 0.15) is 0 Å².